The van der Waals surface area contributed by atoms with E-state index in [1.165, 1.54) is 0 Å². The smallest absolute Gasteiger partial charge is 0.520 e. The van der Waals surface area contributed by atoms with Crippen molar-refractivity contribution >= 4 is 16.5 Å². The van der Waals surface area contributed by atoms with Crippen molar-refractivity contribution in [1.29, 1.82) is 0 Å². The van der Waals surface area contributed by atoms with Crippen LogP contribution in [0, 0.1) is 0 Å². The molecule has 3 nitrogen and oxygen atoms in total. The molecule has 0 aliphatic heterocycles. The average Bonchev–Trinajstić information content (AvgIpc) is 1.36. The summed E-state index contributed by atoms with van der Waals surface area (Å²) in [5, 5.41) is 6.42. The topological polar surface area (TPSA) is 60.4 Å². The lowest BCUT2D eigenvalue weighted by Gasteiger charge is -1.90. The van der Waals surface area contributed by atoms with Gasteiger partial charge in [0.25, 0.3) is 0 Å². The van der Waals surface area contributed by atoms with Gasteiger partial charge in [0.15, 0.2) is 0 Å². The van der Waals surface area contributed by atoms with Gasteiger partial charge in [0, 0.05) is 0 Å². The van der Waals surface area contributed by atoms with Gasteiger partial charge in [-0.1, -0.05) is 0 Å². The Morgan fingerprint density at radius 2 is 2.17 bits per heavy atom. The van der Waals surface area contributed by atoms with Gasteiger partial charge in [-0.15, -0.1) is 0 Å². The highest BCUT2D eigenvalue weighted by Crippen LogP contribution is 1.80. The molecule has 4 heteroatoms. The quantitative estimate of drug-likeness (QED) is 0.446. The number of hydrogen-bond acceptors (Lipinski definition) is 2. The third-order valence-electron chi connectivity index (χ3n) is 0.246. The molecule has 0 saturated heterocycles. The summed E-state index contributed by atoms with van der Waals surface area (Å²) in [6.45, 7) is 0. The molecule has 0 amide bonds. The van der Waals surface area contributed by atoms with E-state index in [-0.39, 0.29) is 0 Å². The van der Waals surface area contributed by atoms with E-state index < -0.39 is 16.5 Å². The molecule has 0 heterocycles. The number of carboxylic acid groups (broad SMARTS) is 1. The average molecular weight is 108 g/mol. The minimum atomic E-state index is -1.70. The van der Waals surface area contributed by atoms with Crippen LogP contribution in [-0.4, -0.2) is 21.2 Å². The molecule has 1 atom stereocenters. The number of hydrogen-bond donors (Lipinski definition) is 1. The van der Waals surface area contributed by atoms with Gasteiger partial charge < -0.3 is 9.66 Å². The molecule has 6 heavy (non-hydrogen) atoms. The van der Waals surface area contributed by atoms with Crippen LogP contribution in [0.3, 0.4) is 0 Å². The Balaban J connectivity index is 3.26. The molecule has 0 saturated carbocycles. The largest absolute Gasteiger partial charge is 0.606 e. The predicted octanol–water partition coefficient (Wildman–Crippen LogP) is 0.0429. The van der Waals surface area contributed by atoms with Gasteiger partial charge in [-0.3, -0.25) is 0 Å². The molecule has 0 aromatic rings. The first-order chi connectivity index (χ1) is 2.64. The van der Waals surface area contributed by atoms with Crippen molar-refractivity contribution < 1.29 is 14.5 Å². The summed E-state index contributed by atoms with van der Waals surface area (Å²) in [6.07, 6.45) is 1.11. The van der Waals surface area contributed by atoms with Crippen molar-refractivity contribution in [3.63, 3.8) is 0 Å². The van der Waals surface area contributed by atoms with Crippen LogP contribution < -0.4 is 0 Å². The molecule has 1 N–H and O–H groups in total. The van der Waals surface area contributed by atoms with Crippen molar-refractivity contribution in [2.75, 3.05) is 6.26 Å². The second kappa shape index (κ2) is 2.04. The molecule has 0 radical (unpaired) electrons. The molecule has 0 fully saturated rings. The van der Waals surface area contributed by atoms with Crippen molar-refractivity contribution in [3.8, 4) is 0 Å². The maximum absolute atomic E-state index is 9.66. The lowest BCUT2D eigenvalue weighted by Crippen LogP contribution is -2.07. The molecular weight excluding hydrogens is 104 g/mol. The van der Waals surface area contributed by atoms with E-state index >= 15 is 0 Å². The van der Waals surface area contributed by atoms with Gasteiger partial charge >= 0.3 is 5.30 Å². The van der Waals surface area contributed by atoms with E-state index in [4.69, 9.17) is 5.11 Å². The third-order valence-corrected chi connectivity index (χ3v) is 0.738. The molecule has 0 rings (SSSR count). The van der Waals surface area contributed by atoms with Crippen LogP contribution in [-0.2, 0) is 11.2 Å². The third kappa shape index (κ3) is 2.04. The van der Waals surface area contributed by atoms with Gasteiger partial charge in [0.2, 0.25) is 0 Å². The fourth-order valence-electron chi connectivity index (χ4n) is 0. The van der Waals surface area contributed by atoms with Crippen LogP contribution in [0.1, 0.15) is 0 Å². The molecule has 0 bridgehead atoms. The highest BCUT2D eigenvalue weighted by Gasteiger charge is 2.06. The summed E-state index contributed by atoms with van der Waals surface area (Å²) in [7, 11) is 0. The van der Waals surface area contributed by atoms with Crippen LogP contribution in [0.15, 0.2) is 0 Å². The van der Waals surface area contributed by atoms with E-state index in [1.54, 1.807) is 0 Å². The van der Waals surface area contributed by atoms with Crippen LogP contribution >= 0.6 is 0 Å². The van der Waals surface area contributed by atoms with Crippen LogP contribution in [0.25, 0.3) is 0 Å². The van der Waals surface area contributed by atoms with Gasteiger partial charge in [-0.25, -0.2) is 0 Å². The maximum atomic E-state index is 9.66. The first-order valence-corrected chi connectivity index (χ1v) is 2.76. The van der Waals surface area contributed by atoms with E-state index in [0.717, 1.165) is 6.26 Å². The van der Waals surface area contributed by atoms with Crippen molar-refractivity contribution in [2.45, 2.75) is 0 Å². The van der Waals surface area contributed by atoms with Crippen LogP contribution in [0.4, 0.5) is 4.79 Å². The lowest BCUT2D eigenvalue weighted by atomic mass is 11.6. The van der Waals surface area contributed by atoms with Gasteiger partial charge in [-0.05, 0) is 0 Å². The van der Waals surface area contributed by atoms with Gasteiger partial charge in [-0.2, -0.15) is 4.79 Å². The molecular formula is C2H4O3S. The fourth-order valence-corrected chi connectivity index (χ4v) is 0. The molecule has 0 aliphatic rings. The summed E-state index contributed by atoms with van der Waals surface area (Å²) in [6, 6.07) is 0. The molecule has 36 valence electrons. The highest BCUT2D eigenvalue weighted by atomic mass is 32.2. The monoisotopic (exact) mass is 108 g/mol. The first kappa shape index (κ1) is 5.78. The lowest BCUT2D eigenvalue weighted by molar-refractivity contribution is 0.219. The van der Waals surface area contributed by atoms with E-state index in [1.807, 2.05) is 0 Å². The predicted molar refractivity (Wildman–Crippen MR) is 22.1 cm³/mol. The van der Waals surface area contributed by atoms with Gasteiger partial charge in [0.05, 0.1) is 11.2 Å². The Bertz CT molecular complexity index is 59.8. The van der Waals surface area contributed by atoms with Crippen LogP contribution in [0.2, 0.25) is 0 Å². The second-order valence-corrected chi connectivity index (χ2v) is 1.98. The Labute approximate surface area is 38.2 Å². The zero-order valence-electron chi connectivity index (χ0n) is 3.17. The Morgan fingerprint density at radius 3 is 2.17 bits per heavy atom. The Hall–Kier alpha value is -0.220. The highest BCUT2D eigenvalue weighted by molar-refractivity contribution is 8.04. The number of rotatable bonds is 0. The van der Waals surface area contributed by atoms with Gasteiger partial charge in [0.1, 0.15) is 6.26 Å². The molecule has 0 aromatic heterocycles. The first-order valence-electron chi connectivity index (χ1n) is 1.21. The van der Waals surface area contributed by atoms with Crippen molar-refractivity contribution in [1.82, 2.24) is 0 Å². The summed E-state index contributed by atoms with van der Waals surface area (Å²) in [5.41, 5.74) is 0. The van der Waals surface area contributed by atoms with Crippen molar-refractivity contribution in [2.24, 2.45) is 0 Å². The number of carbonyl (C=O) groups is 1. The van der Waals surface area contributed by atoms with E-state index in [0.29, 0.717) is 0 Å². The Kier molecular flexibility index (Phi) is 1.97. The zero-order valence-corrected chi connectivity index (χ0v) is 3.99. The SMILES string of the molecule is C[S+]([O-])C(=O)O. The van der Waals surface area contributed by atoms with E-state index in [9.17, 15) is 9.35 Å². The molecule has 0 spiro atoms. The van der Waals surface area contributed by atoms with Crippen LogP contribution in [0.5, 0.6) is 0 Å². The summed E-state index contributed by atoms with van der Waals surface area (Å²) in [5.74, 6) is 0. The van der Waals surface area contributed by atoms with Crippen molar-refractivity contribution in [3.05, 3.63) is 0 Å². The van der Waals surface area contributed by atoms with E-state index in [2.05, 4.69) is 0 Å². The standard InChI is InChI=1S/C2H4O3S/c1-6(5)2(3)4/h1H3,(H,3,4). The summed E-state index contributed by atoms with van der Waals surface area (Å²) >= 11 is -1.70. The zero-order chi connectivity index (χ0) is 5.15. The maximum Gasteiger partial charge on any atom is 0.520 e. The minimum absolute atomic E-state index is 1.11. The normalized spacial score (nSPS) is 13.7. The Morgan fingerprint density at radius 1 is 2.00 bits per heavy atom. The molecule has 0 aromatic carbocycles. The second-order valence-electron chi connectivity index (χ2n) is 0.720. The summed E-state index contributed by atoms with van der Waals surface area (Å²) < 4.78 is 9.66. The fraction of sp³-hybridized carbons (Fsp3) is 0.500. The minimum Gasteiger partial charge on any atom is -0.606 e. The molecule has 0 aliphatic carbocycles. The molecule has 1 unspecified atom stereocenters. The summed E-state index contributed by atoms with van der Waals surface area (Å²) in [4.78, 5) is 9.40.